The summed E-state index contributed by atoms with van der Waals surface area (Å²) in [6.45, 7) is 3.67. The van der Waals surface area contributed by atoms with Gasteiger partial charge in [-0.15, -0.1) is 15.3 Å². The van der Waals surface area contributed by atoms with Crippen LogP contribution in [0.2, 0.25) is 5.02 Å². The van der Waals surface area contributed by atoms with Gasteiger partial charge >= 0.3 is 0 Å². The number of anilines is 2. The highest BCUT2D eigenvalue weighted by atomic mass is 35.5. The van der Waals surface area contributed by atoms with E-state index >= 15 is 0 Å². The van der Waals surface area contributed by atoms with Crippen molar-refractivity contribution >= 4 is 40.1 Å². The molecule has 4 heterocycles. The van der Waals surface area contributed by atoms with Crippen LogP contribution in [0, 0.1) is 0 Å². The fraction of sp³-hybridized carbons (Fsp3) is 0.211. The number of aromatic nitrogens is 4. The summed E-state index contributed by atoms with van der Waals surface area (Å²) >= 11 is 7.77. The van der Waals surface area contributed by atoms with E-state index in [1.807, 2.05) is 46.3 Å². The molecule has 0 aliphatic carbocycles. The maximum absolute atomic E-state index is 6.13. The smallest absolute Gasteiger partial charge is 0.186 e. The number of hydrogen-bond acceptors (Lipinski definition) is 6. The Hall–Kier alpha value is -2.64. The highest BCUT2D eigenvalue weighted by Gasteiger charge is 2.20. The van der Waals surface area contributed by atoms with Crippen molar-refractivity contribution < 1.29 is 0 Å². The van der Waals surface area contributed by atoms with Crippen molar-refractivity contribution in [2.45, 2.75) is 0 Å². The van der Waals surface area contributed by atoms with Gasteiger partial charge in [-0.3, -0.25) is 0 Å². The van der Waals surface area contributed by atoms with E-state index in [1.54, 1.807) is 11.3 Å². The van der Waals surface area contributed by atoms with E-state index in [9.17, 15) is 0 Å². The largest absolute Gasteiger partial charge is 0.368 e. The van der Waals surface area contributed by atoms with Gasteiger partial charge in [-0.2, -0.15) is 15.9 Å². The predicted octanol–water partition coefficient (Wildman–Crippen LogP) is 3.83. The van der Waals surface area contributed by atoms with Crippen molar-refractivity contribution in [3.8, 4) is 11.4 Å². The van der Waals surface area contributed by atoms with E-state index < -0.39 is 0 Å². The first-order valence-corrected chi connectivity index (χ1v) is 10.1. The van der Waals surface area contributed by atoms with E-state index in [-0.39, 0.29) is 0 Å². The van der Waals surface area contributed by atoms with Crippen molar-refractivity contribution in [3.63, 3.8) is 0 Å². The van der Waals surface area contributed by atoms with Crippen LogP contribution in [-0.4, -0.2) is 46.0 Å². The van der Waals surface area contributed by atoms with Crippen LogP contribution in [0.15, 0.2) is 53.2 Å². The van der Waals surface area contributed by atoms with Gasteiger partial charge in [0, 0.05) is 47.8 Å². The molecule has 6 nitrogen and oxygen atoms in total. The molecule has 5 rings (SSSR count). The highest BCUT2D eigenvalue weighted by molar-refractivity contribution is 7.08. The summed E-state index contributed by atoms with van der Waals surface area (Å²) in [5.74, 6) is 1.73. The van der Waals surface area contributed by atoms with Gasteiger partial charge in [-0.25, -0.2) is 0 Å². The van der Waals surface area contributed by atoms with Crippen molar-refractivity contribution in [1.29, 1.82) is 0 Å². The third kappa shape index (κ3) is 3.13. The lowest BCUT2D eigenvalue weighted by atomic mass is 10.2. The Bertz CT molecular complexity index is 1070. The fourth-order valence-corrected chi connectivity index (χ4v) is 4.21. The normalized spacial score (nSPS) is 14.9. The minimum absolute atomic E-state index is 0.762. The molecular formula is C19H17ClN6S. The zero-order valence-electron chi connectivity index (χ0n) is 14.5. The van der Waals surface area contributed by atoms with E-state index in [2.05, 4.69) is 31.4 Å². The molecule has 1 fully saturated rings. The second-order valence-electron chi connectivity index (χ2n) is 6.45. The van der Waals surface area contributed by atoms with E-state index in [0.717, 1.165) is 54.1 Å². The molecule has 1 aliphatic rings. The molecule has 1 aromatic carbocycles. The minimum atomic E-state index is 0.762. The number of piperazine rings is 1. The Balaban J connectivity index is 1.38. The number of hydrogen-bond donors (Lipinski definition) is 0. The zero-order valence-corrected chi connectivity index (χ0v) is 16.1. The summed E-state index contributed by atoms with van der Waals surface area (Å²) in [5.41, 5.74) is 2.98. The average molecular weight is 397 g/mol. The topological polar surface area (TPSA) is 49.6 Å². The monoisotopic (exact) mass is 396 g/mol. The average Bonchev–Trinajstić information content (AvgIpc) is 3.37. The number of nitrogens with zero attached hydrogens (tertiary/aromatic N) is 6. The van der Waals surface area contributed by atoms with Crippen molar-refractivity contribution in [3.05, 3.63) is 58.2 Å². The maximum atomic E-state index is 6.13. The molecule has 1 aliphatic heterocycles. The number of halogens is 1. The number of thiophene rings is 1. The molecule has 0 unspecified atom stereocenters. The number of fused-ring (bicyclic) bond motifs is 1. The first-order chi connectivity index (χ1) is 13.3. The lowest BCUT2D eigenvalue weighted by Crippen LogP contribution is -2.47. The van der Waals surface area contributed by atoms with Gasteiger partial charge in [-0.05, 0) is 41.8 Å². The van der Waals surface area contributed by atoms with Gasteiger partial charge in [0.25, 0.3) is 0 Å². The van der Waals surface area contributed by atoms with Gasteiger partial charge in [0.1, 0.15) is 5.82 Å². The molecule has 0 spiro atoms. The van der Waals surface area contributed by atoms with Gasteiger partial charge in [0.15, 0.2) is 11.5 Å². The van der Waals surface area contributed by atoms with Crippen LogP contribution < -0.4 is 9.80 Å². The van der Waals surface area contributed by atoms with Gasteiger partial charge < -0.3 is 9.80 Å². The quantitative estimate of drug-likeness (QED) is 0.526. The summed E-state index contributed by atoms with van der Waals surface area (Å²) < 4.78 is 1.83. The first kappa shape index (κ1) is 16.5. The summed E-state index contributed by atoms with van der Waals surface area (Å²) in [6.07, 6.45) is 0. The lowest BCUT2D eigenvalue weighted by molar-refractivity contribution is 0.642. The van der Waals surface area contributed by atoms with Crippen LogP contribution in [0.5, 0.6) is 0 Å². The molecule has 8 heteroatoms. The molecule has 0 bridgehead atoms. The molecule has 3 aromatic heterocycles. The summed E-state index contributed by atoms with van der Waals surface area (Å²) in [6, 6.07) is 14.1. The fourth-order valence-electron chi connectivity index (χ4n) is 3.39. The Morgan fingerprint density at radius 2 is 1.78 bits per heavy atom. The summed E-state index contributed by atoms with van der Waals surface area (Å²) in [5, 5.41) is 18.2. The Morgan fingerprint density at radius 3 is 2.56 bits per heavy atom. The summed E-state index contributed by atoms with van der Waals surface area (Å²) in [4.78, 5) is 4.66. The SMILES string of the molecule is Clc1cccc(N2CCN(c3ccc4nnc(-c5ccsc5)n4n3)CC2)c1. The standard InChI is InChI=1S/C19H17ClN6S/c20-15-2-1-3-16(12-15)24-7-9-25(10-8-24)18-5-4-17-21-22-19(26(17)23-18)14-6-11-27-13-14/h1-6,11-13H,7-10H2. The van der Waals surface area contributed by atoms with Crippen LogP contribution in [0.4, 0.5) is 11.5 Å². The van der Waals surface area contributed by atoms with Gasteiger partial charge in [-0.1, -0.05) is 17.7 Å². The van der Waals surface area contributed by atoms with Crippen LogP contribution in [0.3, 0.4) is 0 Å². The van der Waals surface area contributed by atoms with Crippen LogP contribution in [0.1, 0.15) is 0 Å². The zero-order chi connectivity index (χ0) is 18.2. The van der Waals surface area contributed by atoms with Crippen molar-refractivity contribution in [1.82, 2.24) is 19.8 Å². The molecule has 27 heavy (non-hydrogen) atoms. The van der Waals surface area contributed by atoms with Crippen LogP contribution >= 0.6 is 22.9 Å². The summed E-state index contributed by atoms with van der Waals surface area (Å²) in [7, 11) is 0. The Kier molecular flexibility index (Phi) is 4.18. The molecule has 136 valence electrons. The third-order valence-corrected chi connectivity index (χ3v) is 5.72. The van der Waals surface area contributed by atoms with Crippen molar-refractivity contribution in [2.24, 2.45) is 0 Å². The van der Waals surface area contributed by atoms with Crippen molar-refractivity contribution in [2.75, 3.05) is 36.0 Å². The van der Waals surface area contributed by atoms with E-state index in [0.29, 0.717) is 0 Å². The minimum Gasteiger partial charge on any atom is -0.368 e. The molecule has 0 saturated carbocycles. The van der Waals surface area contributed by atoms with Crippen LogP contribution in [0.25, 0.3) is 17.0 Å². The lowest BCUT2D eigenvalue weighted by Gasteiger charge is -2.36. The maximum Gasteiger partial charge on any atom is 0.186 e. The molecule has 0 amide bonds. The Morgan fingerprint density at radius 1 is 0.926 bits per heavy atom. The number of benzene rings is 1. The molecule has 0 atom stereocenters. The second-order valence-corrected chi connectivity index (χ2v) is 7.67. The molecule has 0 radical (unpaired) electrons. The van der Waals surface area contributed by atoms with E-state index in [4.69, 9.17) is 16.7 Å². The molecule has 4 aromatic rings. The predicted molar refractivity (Wildman–Crippen MR) is 110 cm³/mol. The number of rotatable bonds is 3. The molecule has 1 saturated heterocycles. The van der Waals surface area contributed by atoms with E-state index in [1.165, 1.54) is 5.69 Å². The second kappa shape index (κ2) is 6.83. The third-order valence-electron chi connectivity index (χ3n) is 4.81. The van der Waals surface area contributed by atoms with Crippen LogP contribution in [-0.2, 0) is 0 Å². The molecular weight excluding hydrogens is 380 g/mol. The first-order valence-electron chi connectivity index (χ1n) is 8.78. The highest BCUT2D eigenvalue weighted by Crippen LogP contribution is 2.24. The van der Waals surface area contributed by atoms with Gasteiger partial charge in [0.2, 0.25) is 0 Å². The Labute approximate surface area is 165 Å². The molecule has 0 N–H and O–H groups in total. The van der Waals surface area contributed by atoms with Gasteiger partial charge in [0.05, 0.1) is 0 Å².